The third-order valence-electron chi connectivity index (χ3n) is 2.54. The number of methoxy groups -OCH3 is 1. The van der Waals surface area contributed by atoms with E-state index in [1.54, 1.807) is 20.8 Å². The Kier molecular flexibility index (Phi) is 6.29. The summed E-state index contributed by atoms with van der Waals surface area (Å²) in [7, 11) is 1.40. The van der Waals surface area contributed by atoms with Gasteiger partial charge in [-0.2, -0.15) is 0 Å². The van der Waals surface area contributed by atoms with Gasteiger partial charge < -0.3 is 14.6 Å². The molecule has 0 aromatic heterocycles. The maximum Gasteiger partial charge on any atom is 0.411 e. The summed E-state index contributed by atoms with van der Waals surface area (Å²) in [6, 6.07) is 0. The maximum absolute atomic E-state index is 12.2. The topological polar surface area (TPSA) is 76.1 Å². The predicted molar refractivity (Wildman–Crippen MR) is 71.1 cm³/mol. The van der Waals surface area contributed by atoms with Gasteiger partial charge in [0.1, 0.15) is 5.60 Å². The summed E-state index contributed by atoms with van der Waals surface area (Å²) >= 11 is 0. The highest BCUT2D eigenvalue weighted by Crippen LogP contribution is 2.21. The molecule has 0 fully saturated rings. The number of rotatable bonds is 6. The molecule has 0 saturated carbocycles. The Morgan fingerprint density at radius 3 is 2.05 bits per heavy atom. The number of carboxylic acid groups (broad SMARTS) is 1. The Morgan fingerprint density at radius 1 is 1.21 bits per heavy atom. The van der Waals surface area contributed by atoms with Gasteiger partial charge in [-0.3, -0.25) is 4.90 Å². The van der Waals surface area contributed by atoms with Gasteiger partial charge in [0, 0.05) is 13.7 Å². The second-order valence-corrected chi connectivity index (χ2v) is 5.64. The average molecular weight is 275 g/mol. The maximum atomic E-state index is 12.2. The third-order valence-corrected chi connectivity index (χ3v) is 2.54. The molecule has 0 bridgehead atoms. The van der Waals surface area contributed by atoms with Crippen LogP contribution in [-0.4, -0.2) is 53.5 Å². The van der Waals surface area contributed by atoms with Crippen LogP contribution in [0.1, 0.15) is 41.0 Å². The van der Waals surface area contributed by atoms with Crippen molar-refractivity contribution in [1.29, 1.82) is 0 Å². The molecular weight excluding hydrogens is 250 g/mol. The van der Waals surface area contributed by atoms with E-state index < -0.39 is 23.2 Å². The third kappa shape index (κ3) is 5.06. The number of carboxylic acids is 1. The van der Waals surface area contributed by atoms with Gasteiger partial charge in [-0.15, -0.1) is 0 Å². The monoisotopic (exact) mass is 275 g/mol. The first-order valence-electron chi connectivity index (χ1n) is 6.31. The highest BCUT2D eigenvalue weighted by Gasteiger charge is 2.43. The average Bonchev–Trinajstić information content (AvgIpc) is 2.23. The van der Waals surface area contributed by atoms with Crippen LogP contribution in [0.3, 0.4) is 0 Å². The molecule has 1 N–H and O–H groups in total. The van der Waals surface area contributed by atoms with Gasteiger partial charge in [0.05, 0.1) is 6.61 Å². The second-order valence-electron chi connectivity index (χ2n) is 5.64. The molecule has 0 saturated heterocycles. The van der Waals surface area contributed by atoms with Gasteiger partial charge in [-0.25, -0.2) is 9.59 Å². The van der Waals surface area contributed by atoms with E-state index in [4.69, 9.17) is 9.47 Å². The van der Waals surface area contributed by atoms with Crippen molar-refractivity contribution in [1.82, 2.24) is 4.90 Å². The fourth-order valence-electron chi connectivity index (χ4n) is 1.62. The van der Waals surface area contributed by atoms with E-state index in [1.807, 2.05) is 6.92 Å². The van der Waals surface area contributed by atoms with Gasteiger partial charge >= 0.3 is 12.1 Å². The molecule has 0 aromatic rings. The fraction of sp³-hybridized carbons (Fsp3) is 0.846. The highest BCUT2D eigenvalue weighted by atomic mass is 16.6. The summed E-state index contributed by atoms with van der Waals surface area (Å²) < 4.78 is 10.2. The minimum atomic E-state index is -1.44. The first-order valence-corrected chi connectivity index (χ1v) is 6.31. The Labute approximate surface area is 114 Å². The molecule has 0 spiro atoms. The molecule has 6 nitrogen and oxygen atoms in total. The molecule has 1 atom stereocenters. The minimum absolute atomic E-state index is 0.0957. The standard InChI is InChI=1S/C13H25NO5/c1-7-8-14(11(17)19-12(2,3)4)13(5,9-18-6)10(15)16/h7-9H2,1-6H3,(H,15,16). The van der Waals surface area contributed by atoms with Gasteiger partial charge in [-0.05, 0) is 34.1 Å². The van der Waals surface area contributed by atoms with Gasteiger partial charge in [0.15, 0.2) is 5.54 Å². The second kappa shape index (κ2) is 6.75. The predicted octanol–water partition coefficient (Wildman–Crippen LogP) is 2.12. The van der Waals surface area contributed by atoms with Crippen molar-refractivity contribution in [3.05, 3.63) is 0 Å². The zero-order chi connectivity index (χ0) is 15.3. The van der Waals surface area contributed by atoms with E-state index >= 15 is 0 Å². The van der Waals surface area contributed by atoms with Crippen molar-refractivity contribution in [2.24, 2.45) is 0 Å². The molecule has 0 aliphatic rings. The normalized spacial score (nSPS) is 14.6. The Morgan fingerprint density at radius 2 is 1.74 bits per heavy atom. The SMILES string of the molecule is CCCN(C(=O)OC(C)(C)C)C(C)(COC)C(=O)O. The first-order chi connectivity index (χ1) is 8.58. The van der Waals surface area contributed by atoms with Crippen LogP contribution in [0.2, 0.25) is 0 Å². The van der Waals surface area contributed by atoms with Crippen molar-refractivity contribution in [3.63, 3.8) is 0 Å². The summed E-state index contributed by atoms with van der Waals surface area (Å²) in [5.74, 6) is -1.12. The zero-order valence-electron chi connectivity index (χ0n) is 12.6. The lowest BCUT2D eigenvalue weighted by Gasteiger charge is -2.38. The summed E-state index contributed by atoms with van der Waals surface area (Å²) in [5, 5.41) is 9.38. The van der Waals surface area contributed by atoms with Crippen LogP contribution in [0.4, 0.5) is 4.79 Å². The highest BCUT2D eigenvalue weighted by molar-refractivity contribution is 5.84. The molecule has 1 amide bonds. The van der Waals surface area contributed by atoms with Gasteiger partial charge in [0.25, 0.3) is 0 Å². The van der Waals surface area contributed by atoms with E-state index in [0.717, 1.165) is 0 Å². The summed E-state index contributed by atoms with van der Waals surface area (Å²) in [4.78, 5) is 24.8. The van der Waals surface area contributed by atoms with Crippen molar-refractivity contribution >= 4 is 12.1 Å². The summed E-state index contributed by atoms with van der Waals surface area (Å²) in [6.07, 6.45) is -0.0115. The van der Waals surface area contributed by atoms with Crippen LogP contribution in [0.25, 0.3) is 0 Å². The van der Waals surface area contributed by atoms with E-state index in [-0.39, 0.29) is 6.61 Å². The van der Waals surface area contributed by atoms with Gasteiger partial charge in [0.2, 0.25) is 0 Å². The zero-order valence-corrected chi connectivity index (χ0v) is 12.6. The molecule has 0 radical (unpaired) electrons. The number of amides is 1. The van der Waals surface area contributed by atoms with Crippen molar-refractivity contribution in [2.75, 3.05) is 20.3 Å². The summed E-state index contributed by atoms with van der Waals surface area (Å²) in [5.41, 5.74) is -2.11. The van der Waals surface area contributed by atoms with Crippen molar-refractivity contribution < 1.29 is 24.2 Å². The van der Waals surface area contributed by atoms with Crippen molar-refractivity contribution in [3.8, 4) is 0 Å². The number of hydrogen-bond acceptors (Lipinski definition) is 4. The smallest absolute Gasteiger partial charge is 0.411 e. The Balaban J connectivity index is 5.26. The minimum Gasteiger partial charge on any atom is -0.479 e. The van der Waals surface area contributed by atoms with Crippen LogP contribution >= 0.6 is 0 Å². The molecule has 0 rings (SSSR count). The number of carbonyl (C=O) groups is 2. The molecule has 0 aliphatic carbocycles. The Bertz CT molecular complexity index is 323. The van der Waals surface area contributed by atoms with Crippen LogP contribution in [0.15, 0.2) is 0 Å². The lowest BCUT2D eigenvalue weighted by molar-refractivity contribution is -0.153. The van der Waals surface area contributed by atoms with Crippen LogP contribution in [-0.2, 0) is 14.3 Å². The molecule has 112 valence electrons. The lowest BCUT2D eigenvalue weighted by Crippen LogP contribution is -2.59. The van der Waals surface area contributed by atoms with E-state index in [9.17, 15) is 14.7 Å². The van der Waals surface area contributed by atoms with E-state index in [0.29, 0.717) is 13.0 Å². The molecule has 19 heavy (non-hydrogen) atoms. The lowest BCUT2D eigenvalue weighted by atomic mass is 10.0. The molecule has 6 heteroatoms. The summed E-state index contributed by atoms with van der Waals surface area (Å²) in [6.45, 7) is 8.74. The van der Waals surface area contributed by atoms with Crippen LogP contribution in [0.5, 0.6) is 0 Å². The fourth-order valence-corrected chi connectivity index (χ4v) is 1.62. The number of aliphatic carboxylic acids is 1. The number of hydrogen-bond donors (Lipinski definition) is 1. The van der Waals surface area contributed by atoms with E-state index in [2.05, 4.69) is 0 Å². The van der Waals surface area contributed by atoms with Crippen LogP contribution < -0.4 is 0 Å². The number of ether oxygens (including phenoxy) is 2. The molecule has 0 aromatic carbocycles. The van der Waals surface area contributed by atoms with Crippen molar-refractivity contribution in [2.45, 2.75) is 52.2 Å². The van der Waals surface area contributed by atoms with Gasteiger partial charge in [-0.1, -0.05) is 6.92 Å². The number of carbonyl (C=O) groups excluding carboxylic acids is 1. The molecule has 0 aliphatic heterocycles. The Hall–Kier alpha value is -1.30. The van der Waals surface area contributed by atoms with E-state index in [1.165, 1.54) is 18.9 Å². The largest absolute Gasteiger partial charge is 0.479 e. The molecular formula is C13H25NO5. The first kappa shape index (κ1) is 17.7. The van der Waals surface area contributed by atoms with Crippen LogP contribution in [0, 0.1) is 0 Å². The quantitative estimate of drug-likeness (QED) is 0.803. The molecule has 0 heterocycles. The number of nitrogens with zero attached hydrogens (tertiary/aromatic N) is 1. The molecule has 1 unspecified atom stereocenters.